The van der Waals surface area contributed by atoms with Gasteiger partial charge in [-0.2, -0.15) is 0 Å². The van der Waals surface area contributed by atoms with Crippen LogP contribution in [-0.2, 0) is 21.1 Å². The van der Waals surface area contributed by atoms with E-state index >= 15 is 0 Å². The SMILES string of the molecule is [Au][c]1cccc2c1[nH]c1ccccc12. The molecule has 14 heavy (non-hydrogen) atoms. The van der Waals surface area contributed by atoms with Gasteiger partial charge in [-0.3, -0.25) is 0 Å². The van der Waals surface area contributed by atoms with Crippen molar-refractivity contribution in [3.8, 4) is 0 Å². The standard InChI is InChI=1S/C12H8N.Au/c1-3-7-11-9(5-1)10-6-2-4-8-12(10)13-11;/h1-7,13H;. The van der Waals surface area contributed by atoms with Gasteiger partial charge in [-0.1, -0.05) is 0 Å². The minimum atomic E-state index is 1.21. The monoisotopic (exact) mass is 363 g/mol. The molecule has 0 atom stereocenters. The van der Waals surface area contributed by atoms with Crippen LogP contribution in [0.4, 0.5) is 0 Å². The fourth-order valence-electron chi connectivity index (χ4n) is 1.81. The van der Waals surface area contributed by atoms with Crippen molar-refractivity contribution >= 4 is 25.6 Å². The number of nitrogens with one attached hydrogen (secondary N) is 1. The molecular formula is C12H8AuN. The zero-order valence-corrected chi connectivity index (χ0v) is 9.51. The van der Waals surface area contributed by atoms with Gasteiger partial charge in [0.2, 0.25) is 0 Å². The van der Waals surface area contributed by atoms with E-state index in [1.54, 1.807) is 0 Å². The third kappa shape index (κ3) is 1.07. The van der Waals surface area contributed by atoms with E-state index < -0.39 is 0 Å². The molecule has 1 heterocycles. The molecule has 0 bridgehead atoms. The molecular weight excluding hydrogens is 355 g/mol. The first kappa shape index (κ1) is 8.30. The zero-order chi connectivity index (χ0) is 9.54. The molecule has 0 unspecified atom stereocenters. The Kier molecular flexibility index (Phi) is 1.77. The van der Waals surface area contributed by atoms with Crippen molar-refractivity contribution in [1.29, 1.82) is 0 Å². The quantitative estimate of drug-likeness (QED) is 0.591. The molecule has 1 nitrogen and oxygen atoms in total. The number of aromatic nitrogens is 1. The second-order valence-corrected chi connectivity index (χ2v) is 4.46. The van der Waals surface area contributed by atoms with E-state index in [0.29, 0.717) is 0 Å². The summed E-state index contributed by atoms with van der Waals surface area (Å²) in [6, 6.07) is 14.8. The van der Waals surface area contributed by atoms with Gasteiger partial charge in [-0.15, -0.1) is 0 Å². The predicted octanol–water partition coefficient (Wildman–Crippen LogP) is 2.49. The third-order valence-electron chi connectivity index (χ3n) is 2.46. The fourth-order valence-corrected chi connectivity index (χ4v) is 2.45. The number of hydrogen-bond donors (Lipinski definition) is 1. The summed E-state index contributed by atoms with van der Waals surface area (Å²) in [6.07, 6.45) is 0. The van der Waals surface area contributed by atoms with Crippen molar-refractivity contribution in [3.05, 3.63) is 42.5 Å². The summed E-state index contributed by atoms with van der Waals surface area (Å²) in [5.74, 6) is 0. The van der Waals surface area contributed by atoms with Crippen molar-refractivity contribution in [1.82, 2.24) is 4.98 Å². The van der Waals surface area contributed by atoms with E-state index in [4.69, 9.17) is 0 Å². The Labute approximate surface area is 94.0 Å². The van der Waals surface area contributed by atoms with Crippen LogP contribution in [-0.4, -0.2) is 4.98 Å². The summed E-state index contributed by atoms with van der Waals surface area (Å²) in [5, 5.41) is 2.61. The summed E-state index contributed by atoms with van der Waals surface area (Å²) < 4.78 is 1.25. The molecule has 72 valence electrons. The number of benzene rings is 2. The minimum absolute atomic E-state index is 1.21. The molecule has 1 N–H and O–H groups in total. The summed E-state index contributed by atoms with van der Waals surface area (Å²) in [7, 11) is 0. The van der Waals surface area contributed by atoms with Gasteiger partial charge in [-0.25, -0.2) is 0 Å². The number of hydrogen-bond acceptors (Lipinski definition) is 0. The Hall–Kier alpha value is -1.02. The Morgan fingerprint density at radius 1 is 0.857 bits per heavy atom. The Morgan fingerprint density at radius 2 is 1.64 bits per heavy atom. The normalized spacial score (nSPS) is 11.3. The molecule has 3 aromatic rings. The van der Waals surface area contributed by atoms with Crippen molar-refractivity contribution < 1.29 is 21.1 Å². The second kappa shape index (κ2) is 2.99. The van der Waals surface area contributed by atoms with E-state index in [9.17, 15) is 0 Å². The van der Waals surface area contributed by atoms with E-state index in [1.807, 2.05) is 0 Å². The van der Waals surface area contributed by atoms with Crippen LogP contribution in [0.1, 0.15) is 0 Å². The molecule has 0 amide bonds. The Morgan fingerprint density at radius 3 is 2.57 bits per heavy atom. The van der Waals surface area contributed by atoms with Gasteiger partial charge in [0.25, 0.3) is 0 Å². The number of rotatable bonds is 0. The number of para-hydroxylation sites is 2. The van der Waals surface area contributed by atoms with Crippen LogP contribution in [0.2, 0.25) is 0 Å². The van der Waals surface area contributed by atoms with Gasteiger partial charge in [0.15, 0.2) is 0 Å². The Balaban J connectivity index is 2.63. The van der Waals surface area contributed by atoms with Crippen LogP contribution in [0.15, 0.2) is 42.5 Å². The molecule has 0 saturated heterocycles. The summed E-state index contributed by atoms with van der Waals surface area (Å²) >= 11 is 2.55. The first-order chi connectivity index (χ1) is 6.86. The molecule has 3 rings (SSSR count). The van der Waals surface area contributed by atoms with Crippen LogP contribution in [0, 0.1) is 0 Å². The molecule has 0 saturated carbocycles. The van der Waals surface area contributed by atoms with E-state index in [1.165, 1.54) is 25.6 Å². The van der Waals surface area contributed by atoms with Crippen molar-refractivity contribution in [2.24, 2.45) is 0 Å². The van der Waals surface area contributed by atoms with Gasteiger partial charge >= 0.3 is 94.1 Å². The molecule has 1 aromatic heterocycles. The summed E-state index contributed by atoms with van der Waals surface area (Å²) in [4.78, 5) is 3.43. The van der Waals surface area contributed by atoms with Crippen LogP contribution in [0.3, 0.4) is 0 Å². The molecule has 0 radical (unpaired) electrons. The number of fused-ring (bicyclic) bond motifs is 3. The van der Waals surface area contributed by atoms with Crippen molar-refractivity contribution in [3.63, 3.8) is 0 Å². The summed E-state index contributed by atoms with van der Waals surface area (Å²) in [6.45, 7) is 0. The first-order valence-electron chi connectivity index (χ1n) is 4.47. The zero-order valence-electron chi connectivity index (χ0n) is 7.34. The molecule has 2 aromatic carbocycles. The van der Waals surface area contributed by atoms with Crippen LogP contribution in [0.25, 0.3) is 21.8 Å². The van der Waals surface area contributed by atoms with Gasteiger partial charge in [-0.05, 0) is 0 Å². The topological polar surface area (TPSA) is 15.8 Å². The average molecular weight is 363 g/mol. The van der Waals surface area contributed by atoms with Gasteiger partial charge < -0.3 is 0 Å². The van der Waals surface area contributed by atoms with E-state index in [2.05, 4.69) is 68.5 Å². The van der Waals surface area contributed by atoms with E-state index in [0.717, 1.165) is 0 Å². The van der Waals surface area contributed by atoms with Gasteiger partial charge in [0, 0.05) is 0 Å². The van der Waals surface area contributed by atoms with Gasteiger partial charge in [0.1, 0.15) is 0 Å². The Bertz CT molecular complexity index is 610. The summed E-state index contributed by atoms with van der Waals surface area (Å²) in [5.41, 5.74) is 2.44. The molecule has 0 aliphatic rings. The van der Waals surface area contributed by atoms with Gasteiger partial charge in [0.05, 0.1) is 0 Å². The van der Waals surface area contributed by atoms with E-state index in [-0.39, 0.29) is 0 Å². The maximum atomic E-state index is 3.43. The van der Waals surface area contributed by atoms with Crippen LogP contribution >= 0.6 is 0 Å². The molecule has 2 heteroatoms. The molecule has 0 aliphatic heterocycles. The van der Waals surface area contributed by atoms with Crippen molar-refractivity contribution in [2.45, 2.75) is 0 Å². The number of aromatic amines is 1. The van der Waals surface area contributed by atoms with Crippen LogP contribution < -0.4 is 3.78 Å². The van der Waals surface area contributed by atoms with Crippen LogP contribution in [0.5, 0.6) is 0 Å². The number of H-pyrrole nitrogens is 1. The van der Waals surface area contributed by atoms with Crippen molar-refractivity contribution in [2.75, 3.05) is 0 Å². The average Bonchev–Trinajstić information content (AvgIpc) is 2.59. The predicted molar refractivity (Wildman–Crippen MR) is 55.4 cm³/mol. The fraction of sp³-hybridized carbons (Fsp3) is 0. The second-order valence-electron chi connectivity index (χ2n) is 3.29. The molecule has 0 fully saturated rings. The first-order valence-corrected chi connectivity index (χ1v) is 5.56. The molecule has 0 aliphatic carbocycles. The maximum absolute atomic E-state index is 3.43. The third-order valence-corrected chi connectivity index (χ3v) is 3.36. The molecule has 0 spiro atoms.